The van der Waals surface area contributed by atoms with Gasteiger partial charge in [0, 0.05) is 18.5 Å². The number of halogens is 2. The second-order valence-corrected chi connectivity index (χ2v) is 6.99. The maximum atomic E-state index is 12.3. The molecule has 1 unspecified atom stereocenters. The van der Waals surface area contributed by atoms with Crippen molar-refractivity contribution in [2.75, 3.05) is 5.88 Å². The molecule has 0 saturated heterocycles. The number of nitrogens with zero attached hydrogens (tertiary/aromatic N) is 3. The molecule has 0 saturated carbocycles. The molecule has 0 spiro atoms. The Morgan fingerprint density at radius 1 is 1.56 bits per heavy atom. The summed E-state index contributed by atoms with van der Waals surface area (Å²) >= 11 is 8.79. The highest BCUT2D eigenvalue weighted by molar-refractivity contribution is 9.10. The number of aryl methyl sites for hydroxylation is 1. The fourth-order valence-corrected chi connectivity index (χ4v) is 4.51. The van der Waals surface area contributed by atoms with Gasteiger partial charge in [-0.3, -0.25) is 0 Å². The molecule has 0 fully saturated rings. The average Bonchev–Trinajstić information content (AvgIpc) is 2.58. The molecule has 18 heavy (non-hydrogen) atoms. The van der Waals surface area contributed by atoms with Crippen LogP contribution in [0.15, 0.2) is 9.63 Å². The van der Waals surface area contributed by atoms with Crippen molar-refractivity contribution in [3.8, 4) is 0 Å². The molecule has 0 aliphatic rings. The molecule has 1 aromatic heterocycles. The van der Waals surface area contributed by atoms with E-state index in [4.69, 9.17) is 11.6 Å². The third-order valence-corrected chi connectivity index (χ3v) is 5.51. The van der Waals surface area contributed by atoms with Crippen LogP contribution >= 0.6 is 27.5 Å². The van der Waals surface area contributed by atoms with Crippen molar-refractivity contribution < 1.29 is 8.42 Å². The van der Waals surface area contributed by atoms with Crippen molar-refractivity contribution in [1.82, 2.24) is 19.7 Å². The van der Waals surface area contributed by atoms with Gasteiger partial charge in [-0.1, -0.05) is 12.1 Å². The average molecular weight is 360 g/mol. The van der Waals surface area contributed by atoms with Gasteiger partial charge in [0.15, 0.2) is 4.60 Å². The van der Waals surface area contributed by atoms with Crippen LogP contribution in [-0.2, 0) is 17.1 Å². The van der Waals surface area contributed by atoms with E-state index in [1.807, 2.05) is 13.8 Å². The van der Waals surface area contributed by atoms with Gasteiger partial charge < -0.3 is 0 Å². The lowest BCUT2D eigenvalue weighted by Crippen LogP contribution is -2.46. The Bertz CT molecular complexity index is 499. The molecule has 0 amide bonds. The van der Waals surface area contributed by atoms with E-state index in [2.05, 4.69) is 31.0 Å². The first-order valence-electron chi connectivity index (χ1n) is 5.41. The fraction of sp³-hybridized carbons (Fsp3) is 0.778. The Balaban J connectivity index is 3.09. The molecule has 1 N–H and O–H groups in total. The molecular weight excluding hydrogens is 344 g/mol. The van der Waals surface area contributed by atoms with Crippen LogP contribution in [0.5, 0.6) is 0 Å². The van der Waals surface area contributed by atoms with Crippen LogP contribution in [0.1, 0.15) is 26.7 Å². The standard InChI is InChI=1S/C9H16BrClN4O2S/c1-4-9(2,5-6-11)13-18(16,17)8-7(10)12-14-15(8)3/h13H,4-6H2,1-3H3. The van der Waals surface area contributed by atoms with Crippen LogP contribution < -0.4 is 4.72 Å². The number of sulfonamides is 1. The lowest BCUT2D eigenvalue weighted by molar-refractivity contribution is 0.388. The number of nitrogens with one attached hydrogen (secondary N) is 1. The van der Waals surface area contributed by atoms with Gasteiger partial charge in [0.05, 0.1) is 0 Å². The molecule has 1 heterocycles. The van der Waals surface area contributed by atoms with Crippen LogP contribution in [0.2, 0.25) is 0 Å². The van der Waals surface area contributed by atoms with Crippen molar-refractivity contribution in [2.24, 2.45) is 7.05 Å². The monoisotopic (exact) mass is 358 g/mol. The zero-order valence-electron chi connectivity index (χ0n) is 10.4. The molecule has 104 valence electrons. The van der Waals surface area contributed by atoms with E-state index in [9.17, 15) is 8.42 Å². The van der Waals surface area contributed by atoms with Gasteiger partial charge in [-0.2, -0.15) is 0 Å². The third-order valence-electron chi connectivity index (χ3n) is 2.80. The second-order valence-electron chi connectivity index (χ2n) is 4.27. The molecule has 0 aliphatic carbocycles. The molecule has 0 radical (unpaired) electrons. The Kier molecular flexibility index (Phi) is 5.16. The Morgan fingerprint density at radius 3 is 2.56 bits per heavy atom. The topological polar surface area (TPSA) is 76.9 Å². The Hall–Kier alpha value is -0.180. The maximum absolute atomic E-state index is 12.3. The first kappa shape index (κ1) is 15.9. The predicted octanol–water partition coefficient (Wildman–Crippen LogP) is 1.65. The van der Waals surface area contributed by atoms with Crippen molar-refractivity contribution in [3.05, 3.63) is 4.60 Å². The smallest absolute Gasteiger partial charge is 0.235 e. The second kappa shape index (κ2) is 5.85. The summed E-state index contributed by atoms with van der Waals surface area (Å²) < 4.78 is 28.7. The first-order chi connectivity index (χ1) is 8.25. The van der Waals surface area contributed by atoms with E-state index in [0.717, 1.165) is 0 Å². The zero-order valence-corrected chi connectivity index (χ0v) is 13.6. The highest BCUT2D eigenvalue weighted by Crippen LogP contribution is 2.23. The van der Waals surface area contributed by atoms with Gasteiger partial charge in [0.25, 0.3) is 10.0 Å². The normalized spacial score (nSPS) is 15.6. The quantitative estimate of drug-likeness (QED) is 0.784. The number of hydrogen-bond donors (Lipinski definition) is 1. The molecule has 0 aliphatic heterocycles. The largest absolute Gasteiger partial charge is 0.261 e. The van der Waals surface area contributed by atoms with Crippen molar-refractivity contribution in [3.63, 3.8) is 0 Å². The Morgan fingerprint density at radius 2 is 2.17 bits per heavy atom. The number of alkyl halides is 1. The first-order valence-corrected chi connectivity index (χ1v) is 8.22. The molecule has 1 aromatic rings. The van der Waals surface area contributed by atoms with Crippen molar-refractivity contribution in [2.45, 2.75) is 37.3 Å². The van der Waals surface area contributed by atoms with E-state index >= 15 is 0 Å². The summed E-state index contributed by atoms with van der Waals surface area (Å²) in [5, 5.41) is 7.34. The van der Waals surface area contributed by atoms with Crippen LogP contribution in [0.3, 0.4) is 0 Å². The summed E-state index contributed by atoms with van der Waals surface area (Å²) in [7, 11) is -2.16. The van der Waals surface area contributed by atoms with E-state index in [1.54, 1.807) is 0 Å². The van der Waals surface area contributed by atoms with Gasteiger partial charge in [-0.15, -0.1) is 16.7 Å². The van der Waals surface area contributed by atoms with Crippen LogP contribution in [0.25, 0.3) is 0 Å². The molecule has 9 heteroatoms. The molecule has 1 rings (SSSR count). The van der Waals surface area contributed by atoms with Crippen molar-refractivity contribution >= 4 is 37.6 Å². The summed E-state index contributed by atoms with van der Waals surface area (Å²) in [6, 6.07) is 0. The minimum atomic E-state index is -3.69. The molecule has 6 nitrogen and oxygen atoms in total. The fourth-order valence-electron chi connectivity index (χ4n) is 1.49. The summed E-state index contributed by atoms with van der Waals surface area (Å²) in [4.78, 5) is 0. The lowest BCUT2D eigenvalue weighted by Gasteiger charge is -2.28. The van der Waals surface area contributed by atoms with Gasteiger partial charge in [-0.25, -0.2) is 17.8 Å². The molecule has 0 bridgehead atoms. The van der Waals surface area contributed by atoms with Gasteiger partial charge in [0.1, 0.15) is 0 Å². The maximum Gasteiger partial charge on any atom is 0.261 e. The highest BCUT2D eigenvalue weighted by Gasteiger charge is 2.32. The van der Waals surface area contributed by atoms with E-state index in [-0.39, 0.29) is 9.63 Å². The number of rotatable bonds is 6. The van der Waals surface area contributed by atoms with Crippen LogP contribution in [0.4, 0.5) is 0 Å². The lowest BCUT2D eigenvalue weighted by atomic mass is 9.97. The van der Waals surface area contributed by atoms with Crippen LogP contribution in [0, 0.1) is 0 Å². The molecule has 1 atom stereocenters. The van der Waals surface area contributed by atoms with E-state index in [1.165, 1.54) is 11.7 Å². The SMILES string of the molecule is CCC(C)(CCCl)NS(=O)(=O)c1c(Br)nnn1C. The molecule has 0 aromatic carbocycles. The molecular formula is C9H16BrClN4O2S. The summed E-state index contributed by atoms with van der Waals surface area (Å²) in [5.41, 5.74) is -0.579. The number of hydrogen-bond acceptors (Lipinski definition) is 4. The van der Waals surface area contributed by atoms with Gasteiger partial charge in [0.2, 0.25) is 5.03 Å². The predicted molar refractivity (Wildman–Crippen MR) is 73.1 cm³/mol. The zero-order chi connectivity index (χ0) is 14.0. The van der Waals surface area contributed by atoms with Gasteiger partial charge >= 0.3 is 0 Å². The van der Waals surface area contributed by atoms with Crippen LogP contribution in [-0.4, -0.2) is 34.8 Å². The van der Waals surface area contributed by atoms with Gasteiger partial charge in [-0.05, 0) is 35.7 Å². The van der Waals surface area contributed by atoms with E-state index < -0.39 is 15.6 Å². The van der Waals surface area contributed by atoms with Crippen molar-refractivity contribution in [1.29, 1.82) is 0 Å². The summed E-state index contributed by atoms with van der Waals surface area (Å²) in [5.74, 6) is 0.387. The number of aromatic nitrogens is 3. The van der Waals surface area contributed by atoms with E-state index in [0.29, 0.717) is 18.7 Å². The highest BCUT2D eigenvalue weighted by atomic mass is 79.9. The summed E-state index contributed by atoms with van der Waals surface area (Å²) in [6.07, 6.45) is 1.19. The third kappa shape index (κ3) is 3.43. The minimum absolute atomic E-state index is 0.0109. The Labute approximate surface area is 120 Å². The summed E-state index contributed by atoms with van der Waals surface area (Å²) in [6.45, 7) is 3.73. The minimum Gasteiger partial charge on any atom is -0.235 e.